The van der Waals surface area contributed by atoms with E-state index in [4.69, 9.17) is 23.2 Å². The van der Waals surface area contributed by atoms with Crippen molar-refractivity contribution < 1.29 is 14.7 Å². The fourth-order valence-corrected chi connectivity index (χ4v) is 2.38. The fourth-order valence-electron chi connectivity index (χ4n) is 1.81. The molecule has 20 heavy (non-hydrogen) atoms. The molecule has 1 aromatic carbocycles. The normalized spacial score (nSPS) is 15.2. The van der Waals surface area contributed by atoms with Gasteiger partial charge >= 0.3 is 5.97 Å². The van der Waals surface area contributed by atoms with E-state index in [0.29, 0.717) is 6.42 Å². The first kappa shape index (κ1) is 16.8. The summed E-state index contributed by atoms with van der Waals surface area (Å²) < 4.78 is 0. The zero-order valence-corrected chi connectivity index (χ0v) is 13.0. The molecule has 0 radical (unpaired) electrons. The van der Waals surface area contributed by atoms with Gasteiger partial charge in [-0.1, -0.05) is 49.5 Å². The number of hydrogen-bond donors (Lipinski definition) is 2. The molecule has 2 atom stereocenters. The van der Waals surface area contributed by atoms with Crippen molar-refractivity contribution in [3.63, 3.8) is 0 Å². The lowest BCUT2D eigenvalue weighted by Gasteiger charge is -2.32. The summed E-state index contributed by atoms with van der Waals surface area (Å²) in [5, 5.41) is 12.3. The van der Waals surface area contributed by atoms with Gasteiger partial charge in [-0.05, 0) is 25.0 Å². The van der Waals surface area contributed by atoms with Crippen molar-refractivity contribution in [3.05, 3.63) is 33.8 Å². The second-order valence-corrected chi connectivity index (χ2v) is 5.68. The van der Waals surface area contributed by atoms with E-state index in [-0.39, 0.29) is 21.5 Å². The van der Waals surface area contributed by atoms with Crippen molar-refractivity contribution in [2.24, 2.45) is 5.92 Å². The molecule has 2 N–H and O–H groups in total. The van der Waals surface area contributed by atoms with Crippen LogP contribution in [-0.4, -0.2) is 22.5 Å². The monoisotopic (exact) mass is 317 g/mol. The number of halogens is 2. The molecule has 6 heteroatoms. The van der Waals surface area contributed by atoms with Crippen molar-refractivity contribution in [3.8, 4) is 0 Å². The van der Waals surface area contributed by atoms with Crippen molar-refractivity contribution in [1.29, 1.82) is 0 Å². The summed E-state index contributed by atoms with van der Waals surface area (Å²) in [7, 11) is 0. The Morgan fingerprint density at radius 1 is 1.35 bits per heavy atom. The topological polar surface area (TPSA) is 66.4 Å². The van der Waals surface area contributed by atoms with Gasteiger partial charge in [0.25, 0.3) is 5.91 Å². The fraction of sp³-hybridized carbons (Fsp3) is 0.429. The Labute approximate surface area is 128 Å². The molecule has 1 amide bonds. The van der Waals surface area contributed by atoms with Gasteiger partial charge in [-0.2, -0.15) is 0 Å². The number of nitrogens with one attached hydrogen (secondary N) is 1. The summed E-state index contributed by atoms with van der Waals surface area (Å²) in [5.74, 6) is -1.93. The Morgan fingerprint density at radius 2 is 1.85 bits per heavy atom. The maximum Gasteiger partial charge on any atom is 0.329 e. The molecule has 2 unspecified atom stereocenters. The number of rotatable bonds is 5. The minimum atomic E-state index is -1.38. The first-order chi connectivity index (χ1) is 9.24. The first-order valence-corrected chi connectivity index (χ1v) is 6.99. The highest BCUT2D eigenvalue weighted by atomic mass is 35.5. The molecule has 1 aromatic rings. The van der Waals surface area contributed by atoms with Gasteiger partial charge in [-0.3, -0.25) is 4.79 Å². The minimum Gasteiger partial charge on any atom is -0.480 e. The van der Waals surface area contributed by atoms with Gasteiger partial charge < -0.3 is 10.4 Å². The Hall–Kier alpha value is -1.26. The van der Waals surface area contributed by atoms with E-state index >= 15 is 0 Å². The van der Waals surface area contributed by atoms with Crippen LogP contribution in [0.4, 0.5) is 0 Å². The molecule has 110 valence electrons. The van der Waals surface area contributed by atoms with Crippen LogP contribution < -0.4 is 5.32 Å². The standard InChI is InChI=1S/C14H17Cl2NO3/c1-4-8(2)14(3,13(19)20)17-12(18)11-9(15)6-5-7-10(11)16/h5-8H,4H2,1-3H3,(H,17,18)(H,19,20). The van der Waals surface area contributed by atoms with E-state index in [0.717, 1.165) is 0 Å². The molecule has 0 aliphatic heterocycles. The average molecular weight is 318 g/mol. The molecule has 0 saturated carbocycles. The molecule has 0 heterocycles. The molecule has 0 fully saturated rings. The predicted octanol–water partition coefficient (Wildman–Crippen LogP) is 3.61. The second kappa shape index (κ2) is 6.46. The molecule has 0 bridgehead atoms. The Kier molecular flexibility index (Phi) is 5.42. The summed E-state index contributed by atoms with van der Waals surface area (Å²) in [6.07, 6.45) is 0.610. The van der Waals surface area contributed by atoms with Gasteiger partial charge in [-0.15, -0.1) is 0 Å². The number of amides is 1. The third-order valence-corrected chi connectivity index (χ3v) is 4.24. The number of carbonyl (C=O) groups is 2. The Morgan fingerprint density at radius 3 is 2.25 bits per heavy atom. The van der Waals surface area contributed by atoms with E-state index in [1.165, 1.54) is 19.1 Å². The first-order valence-electron chi connectivity index (χ1n) is 6.24. The van der Waals surface area contributed by atoms with Gasteiger partial charge in [0.2, 0.25) is 0 Å². The minimum absolute atomic E-state index is 0.0895. The van der Waals surface area contributed by atoms with Crippen LogP contribution in [0.3, 0.4) is 0 Å². The van der Waals surface area contributed by atoms with Gasteiger partial charge in [0.15, 0.2) is 0 Å². The predicted molar refractivity (Wildman–Crippen MR) is 79.4 cm³/mol. The third-order valence-electron chi connectivity index (χ3n) is 3.61. The lowest BCUT2D eigenvalue weighted by molar-refractivity contribution is -0.146. The summed E-state index contributed by atoms with van der Waals surface area (Å²) in [6, 6.07) is 4.68. The quantitative estimate of drug-likeness (QED) is 0.871. The molecule has 0 spiro atoms. The van der Waals surface area contributed by atoms with E-state index < -0.39 is 17.4 Å². The van der Waals surface area contributed by atoms with Crippen LogP contribution in [0.1, 0.15) is 37.6 Å². The highest BCUT2D eigenvalue weighted by Crippen LogP contribution is 2.27. The van der Waals surface area contributed by atoms with Crippen LogP contribution in [0.15, 0.2) is 18.2 Å². The molecular weight excluding hydrogens is 301 g/mol. The molecular formula is C14H17Cl2NO3. The molecule has 0 saturated heterocycles. The average Bonchev–Trinajstić information content (AvgIpc) is 2.36. The van der Waals surface area contributed by atoms with Crippen LogP contribution in [0.25, 0.3) is 0 Å². The summed E-state index contributed by atoms with van der Waals surface area (Å²) in [6.45, 7) is 5.11. The van der Waals surface area contributed by atoms with Gasteiger partial charge in [0.1, 0.15) is 5.54 Å². The maximum atomic E-state index is 12.3. The lowest BCUT2D eigenvalue weighted by Crippen LogP contribution is -2.56. The summed E-state index contributed by atoms with van der Waals surface area (Å²) in [4.78, 5) is 23.8. The second-order valence-electron chi connectivity index (χ2n) is 4.87. The van der Waals surface area contributed by atoms with Crippen LogP contribution in [0.5, 0.6) is 0 Å². The molecule has 0 aliphatic carbocycles. The maximum absolute atomic E-state index is 12.3. The van der Waals surface area contributed by atoms with E-state index in [2.05, 4.69) is 5.32 Å². The van der Waals surface area contributed by atoms with E-state index in [1.807, 2.05) is 6.92 Å². The third kappa shape index (κ3) is 3.25. The zero-order chi connectivity index (χ0) is 15.5. The molecule has 1 rings (SSSR count). The van der Waals surface area contributed by atoms with E-state index in [9.17, 15) is 14.7 Å². The molecule has 4 nitrogen and oxygen atoms in total. The van der Waals surface area contributed by atoms with E-state index in [1.54, 1.807) is 13.0 Å². The van der Waals surface area contributed by atoms with Gasteiger partial charge in [0, 0.05) is 0 Å². The number of aliphatic carboxylic acids is 1. The van der Waals surface area contributed by atoms with Crippen LogP contribution in [0.2, 0.25) is 10.0 Å². The zero-order valence-electron chi connectivity index (χ0n) is 11.5. The van der Waals surface area contributed by atoms with Gasteiger partial charge in [-0.25, -0.2) is 4.79 Å². The number of benzene rings is 1. The SMILES string of the molecule is CCC(C)C(C)(NC(=O)c1c(Cl)cccc1Cl)C(=O)O. The number of hydrogen-bond acceptors (Lipinski definition) is 2. The van der Waals surface area contributed by atoms with Crippen LogP contribution in [-0.2, 0) is 4.79 Å². The van der Waals surface area contributed by atoms with Crippen molar-refractivity contribution in [1.82, 2.24) is 5.32 Å². The van der Waals surface area contributed by atoms with Crippen molar-refractivity contribution in [2.75, 3.05) is 0 Å². The van der Waals surface area contributed by atoms with Crippen LogP contribution >= 0.6 is 23.2 Å². The molecule has 0 aliphatic rings. The molecule has 0 aromatic heterocycles. The smallest absolute Gasteiger partial charge is 0.329 e. The summed E-state index contributed by atoms with van der Waals surface area (Å²) >= 11 is 11.9. The highest BCUT2D eigenvalue weighted by molar-refractivity contribution is 6.39. The lowest BCUT2D eigenvalue weighted by atomic mass is 9.85. The van der Waals surface area contributed by atoms with Crippen LogP contribution in [0, 0.1) is 5.92 Å². The Bertz CT molecular complexity index is 513. The highest BCUT2D eigenvalue weighted by Gasteiger charge is 2.40. The van der Waals surface area contributed by atoms with Crippen molar-refractivity contribution in [2.45, 2.75) is 32.7 Å². The van der Waals surface area contributed by atoms with Crippen molar-refractivity contribution >= 4 is 35.1 Å². The largest absolute Gasteiger partial charge is 0.480 e. The Balaban J connectivity index is 3.13. The number of carboxylic acid groups (broad SMARTS) is 1. The van der Waals surface area contributed by atoms with Gasteiger partial charge in [0.05, 0.1) is 15.6 Å². The number of carboxylic acids is 1. The summed E-state index contributed by atoms with van der Waals surface area (Å²) in [5.41, 5.74) is -1.29. The number of carbonyl (C=O) groups excluding carboxylic acids is 1.